The number of rotatable bonds is 21. The van der Waals surface area contributed by atoms with Crippen LogP contribution < -0.4 is 15.4 Å². The molecule has 0 saturated carbocycles. The molecule has 0 unspecified atom stereocenters. The van der Waals surface area contributed by atoms with E-state index < -0.39 is 23.6 Å². The fourth-order valence-electron chi connectivity index (χ4n) is 8.34. The van der Waals surface area contributed by atoms with Gasteiger partial charge in [-0.3, -0.25) is 19.2 Å². The number of phenolic OH excluding ortho intramolecular Hbond substituents is 2. The predicted octanol–water partition coefficient (Wildman–Crippen LogP) is 9.28. The van der Waals surface area contributed by atoms with Gasteiger partial charge in [-0.1, -0.05) is 70.7 Å². The van der Waals surface area contributed by atoms with E-state index >= 15 is 0 Å². The molecule has 1 saturated heterocycles. The van der Waals surface area contributed by atoms with Gasteiger partial charge >= 0.3 is 0 Å². The molecule has 14 heteroatoms. The van der Waals surface area contributed by atoms with Crippen LogP contribution in [0.25, 0.3) is 20.5 Å². The molecule has 1 aromatic heterocycles. The molecule has 1 fully saturated rings. The number of thiophene rings is 1. The number of nitrogens with one attached hydrogen (secondary N) is 2. The molecule has 0 bridgehead atoms. The smallest absolute Gasteiger partial charge is 0.246 e. The molecule has 352 valence electrons. The second-order valence-corrected chi connectivity index (χ2v) is 19.7. The maximum absolute atomic E-state index is 14.0. The molecule has 5 aromatic rings. The van der Waals surface area contributed by atoms with E-state index in [1.807, 2.05) is 52.0 Å². The number of carbonyl (C=O) groups is 4. The zero-order chi connectivity index (χ0) is 47.5. The molecule has 0 radical (unpaired) electrons. The first kappa shape index (κ1) is 50.0. The molecular weight excluding hydrogens is 876 g/mol. The van der Waals surface area contributed by atoms with Gasteiger partial charge in [0.1, 0.15) is 35.9 Å². The van der Waals surface area contributed by atoms with Crippen molar-refractivity contribution in [1.29, 1.82) is 0 Å². The van der Waals surface area contributed by atoms with Gasteiger partial charge in [0.05, 0.1) is 12.1 Å². The molecular formula is C52H63ClN4O8S. The van der Waals surface area contributed by atoms with Crippen molar-refractivity contribution in [3.05, 3.63) is 113 Å². The first-order valence-corrected chi connectivity index (χ1v) is 24.1. The van der Waals surface area contributed by atoms with E-state index in [-0.39, 0.29) is 60.4 Å². The summed E-state index contributed by atoms with van der Waals surface area (Å²) in [6.45, 7) is 12.7. The van der Waals surface area contributed by atoms with Crippen LogP contribution in [-0.2, 0) is 14.4 Å². The lowest BCUT2D eigenvalue weighted by Gasteiger charge is -2.35. The normalized spacial score (nSPS) is 16.0. The van der Waals surface area contributed by atoms with Crippen LogP contribution in [0.5, 0.6) is 17.2 Å². The van der Waals surface area contributed by atoms with Crippen LogP contribution in [0.2, 0.25) is 5.02 Å². The van der Waals surface area contributed by atoms with Crippen LogP contribution in [0.4, 0.5) is 0 Å². The maximum Gasteiger partial charge on any atom is 0.246 e. The average Bonchev–Trinajstić information content (AvgIpc) is 3.87. The standard InChI is InChI=1S/C52H63ClN4O8S/c1-6-56(28-29-65-41-24-17-35(18-25-41)47(62)46-42-26-23-39(59)31-44(42)66-48(46)36-15-21-38(58)22-16-36)27-11-9-7-8-10-12-45(61)55-49(52(3,4)5)51(64)57-32-40(60)30-43(57)50(63)54-33(2)34-13-19-37(53)20-14-34/h13-26,31,33,40,43,49,58-60H,6-12,27-30,32H2,1-5H3,(H,54,63)(H,55,61)/t33-,40+,43-,49+/m0/s1. The lowest BCUT2D eigenvalue weighted by atomic mass is 9.85. The number of ether oxygens (including phenoxy) is 1. The highest BCUT2D eigenvalue weighted by Gasteiger charge is 2.44. The number of likely N-dealkylation sites (N-methyl/N-ethyl adjacent to an activating group) is 1. The summed E-state index contributed by atoms with van der Waals surface area (Å²) in [5.74, 6) is -0.143. The quantitative estimate of drug-likeness (QED) is 0.0356. The Kier molecular flexibility index (Phi) is 17.3. The number of unbranched alkanes of at least 4 members (excludes halogenated alkanes) is 4. The summed E-state index contributed by atoms with van der Waals surface area (Å²) in [6, 6.07) is 24.0. The van der Waals surface area contributed by atoms with Crippen molar-refractivity contribution in [2.75, 3.05) is 32.8 Å². The van der Waals surface area contributed by atoms with Crippen LogP contribution in [0, 0.1) is 5.41 Å². The number of amides is 3. The van der Waals surface area contributed by atoms with Crippen molar-refractivity contribution in [3.8, 4) is 27.7 Å². The molecule has 4 aromatic carbocycles. The first-order chi connectivity index (χ1) is 31.5. The first-order valence-electron chi connectivity index (χ1n) is 22.9. The van der Waals surface area contributed by atoms with Crippen molar-refractivity contribution >= 4 is 56.5 Å². The number of aromatic hydroxyl groups is 2. The van der Waals surface area contributed by atoms with E-state index in [2.05, 4.69) is 22.5 Å². The van der Waals surface area contributed by atoms with E-state index in [0.29, 0.717) is 34.9 Å². The highest BCUT2D eigenvalue weighted by atomic mass is 35.5. The molecule has 4 atom stereocenters. The fraction of sp³-hybridized carbons (Fsp3) is 0.423. The van der Waals surface area contributed by atoms with E-state index in [1.165, 1.54) is 16.2 Å². The number of aliphatic hydroxyl groups excluding tert-OH is 1. The van der Waals surface area contributed by atoms with E-state index in [4.69, 9.17) is 16.3 Å². The van der Waals surface area contributed by atoms with E-state index in [0.717, 1.165) is 71.4 Å². The molecule has 2 heterocycles. The molecule has 0 spiro atoms. The molecule has 66 heavy (non-hydrogen) atoms. The molecule has 1 aliphatic rings. The number of aliphatic hydroxyl groups is 1. The number of fused-ring (bicyclic) bond motifs is 1. The van der Waals surface area contributed by atoms with Crippen LogP contribution in [0.15, 0.2) is 91.0 Å². The third-order valence-electron chi connectivity index (χ3n) is 12.2. The third-order valence-corrected chi connectivity index (χ3v) is 13.6. The third kappa shape index (κ3) is 13.1. The lowest BCUT2D eigenvalue weighted by Crippen LogP contribution is -2.57. The van der Waals surface area contributed by atoms with Crippen molar-refractivity contribution in [3.63, 3.8) is 0 Å². The molecule has 0 aliphatic carbocycles. The van der Waals surface area contributed by atoms with Crippen LogP contribution >= 0.6 is 22.9 Å². The second-order valence-electron chi connectivity index (χ2n) is 18.2. The average molecular weight is 940 g/mol. The number of carbonyl (C=O) groups excluding carboxylic acids is 4. The monoisotopic (exact) mass is 938 g/mol. The summed E-state index contributed by atoms with van der Waals surface area (Å²) in [7, 11) is 0. The fourth-order valence-corrected chi connectivity index (χ4v) is 9.71. The summed E-state index contributed by atoms with van der Waals surface area (Å²) < 4.78 is 6.88. The maximum atomic E-state index is 14.0. The minimum absolute atomic E-state index is 0.0172. The Morgan fingerprint density at radius 2 is 1.53 bits per heavy atom. The summed E-state index contributed by atoms with van der Waals surface area (Å²) in [6.07, 6.45) is 4.14. The molecule has 3 amide bonds. The van der Waals surface area contributed by atoms with Gasteiger partial charge in [0.25, 0.3) is 0 Å². The molecule has 1 aliphatic heterocycles. The van der Waals surface area contributed by atoms with Crippen LogP contribution in [0.1, 0.15) is 107 Å². The Bertz CT molecular complexity index is 2430. The van der Waals surface area contributed by atoms with Crippen molar-refractivity contribution in [2.24, 2.45) is 5.41 Å². The van der Waals surface area contributed by atoms with Crippen LogP contribution in [-0.4, -0.2) is 99.6 Å². The number of likely N-dealkylation sites (tertiary alicyclic amines) is 1. The van der Waals surface area contributed by atoms with Gasteiger partial charge in [0, 0.05) is 57.0 Å². The summed E-state index contributed by atoms with van der Waals surface area (Å²) in [5.41, 5.74) is 2.11. The Hall–Kier alpha value is -5.47. The number of ketones is 1. The largest absolute Gasteiger partial charge is 0.508 e. The van der Waals surface area contributed by atoms with Gasteiger partial charge < -0.3 is 40.5 Å². The van der Waals surface area contributed by atoms with Crippen molar-refractivity contribution in [1.82, 2.24) is 20.4 Å². The number of hydrogen-bond acceptors (Lipinski definition) is 10. The SMILES string of the molecule is CCN(CCCCCCCC(=O)N[C@H](C(=O)N1C[C@H](O)C[C@H]1C(=O)N[C@@H](C)c1ccc(Cl)cc1)C(C)(C)C)CCOc1ccc(C(=O)c2c(-c3ccc(O)cc3)sc3cc(O)ccc23)cc1. The highest BCUT2D eigenvalue weighted by molar-refractivity contribution is 7.22. The molecule has 6 rings (SSSR count). The topological polar surface area (TPSA) is 169 Å². The number of β-amino-alcohol motifs (C(OH)–C–C–N with tert-alkyl or cyclic N) is 1. The van der Waals surface area contributed by atoms with Gasteiger partial charge in [-0.15, -0.1) is 11.3 Å². The van der Waals surface area contributed by atoms with E-state index in [9.17, 15) is 34.5 Å². The Morgan fingerprint density at radius 1 is 0.864 bits per heavy atom. The second kappa shape index (κ2) is 22.8. The number of halogens is 1. The molecule has 12 nitrogen and oxygen atoms in total. The Balaban J connectivity index is 0.903. The van der Waals surface area contributed by atoms with Gasteiger partial charge in [-0.2, -0.15) is 0 Å². The number of hydrogen-bond donors (Lipinski definition) is 5. The van der Waals surface area contributed by atoms with Gasteiger partial charge in [0.2, 0.25) is 17.7 Å². The van der Waals surface area contributed by atoms with Gasteiger partial charge in [-0.25, -0.2) is 0 Å². The molecule has 5 N–H and O–H groups in total. The van der Waals surface area contributed by atoms with Crippen molar-refractivity contribution < 1.29 is 39.2 Å². The van der Waals surface area contributed by atoms with Gasteiger partial charge in [-0.05, 0) is 128 Å². The lowest BCUT2D eigenvalue weighted by molar-refractivity contribution is -0.144. The Morgan fingerprint density at radius 3 is 2.21 bits per heavy atom. The number of nitrogens with zero attached hydrogens (tertiary/aromatic N) is 2. The zero-order valence-corrected chi connectivity index (χ0v) is 40.1. The summed E-state index contributed by atoms with van der Waals surface area (Å²) >= 11 is 7.45. The van der Waals surface area contributed by atoms with Gasteiger partial charge in [0.15, 0.2) is 5.78 Å². The Labute approximate surface area is 396 Å². The number of benzene rings is 4. The summed E-state index contributed by atoms with van der Waals surface area (Å²) in [5, 5.41) is 37.8. The van der Waals surface area contributed by atoms with E-state index in [1.54, 1.807) is 66.7 Å². The van der Waals surface area contributed by atoms with Crippen molar-refractivity contribution in [2.45, 2.75) is 104 Å². The zero-order valence-electron chi connectivity index (χ0n) is 38.5. The van der Waals surface area contributed by atoms with Crippen LogP contribution in [0.3, 0.4) is 0 Å². The minimum atomic E-state index is -0.867. The summed E-state index contributed by atoms with van der Waals surface area (Å²) in [4.78, 5) is 59.1. The highest BCUT2D eigenvalue weighted by Crippen LogP contribution is 2.41. The predicted molar refractivity (Wildman–Crippen MR) is 261 cm³/mol. The minimum Gasteiger partial charge on any atom is -0.508 e. The number of phenols is 2.